The summed E-state index contributed by atoms with van der Waals surface area (Å²) in [6.45, 7) is 2.15. The smallest absolute Gasteiger partial charge is 0.378 e. The topological polar surface area (TPSA) is 54.5 Å². The molecule has 0 atom stereocenters. The van der Waals surface area contributed by atoms with E-state index in [9.17, 15) is 18.0 Å². The summed E-state index contributed by atoms with van der Waals surface area (Å²) in [7, 11) is 0. The maximum Gasteiger partial charge on any atom is 0.417 e. The Morgan fingerprint density at radius 3 is 2.77 bits per heavy atom. The van der Waals surface area contributed by atoms with Crippen LogP contribution in [-0.4, -0.2) is 42.1 Å². The summed E-state index contributed by atoms with van der Waals surface area (Å²) in [4.78, 5) is 18.2. The van der Waals surface area contributed by atoms with Crippen molar-refractivity contribution in [3.8, 4) is 0 Å². The second-order valence-electron chi connectivity index (χ2n) is 5.63. The maximum absolute atomic E-state index is 12.9. The number of hydrogen-bond donors (Lipinski definition) is 1. The standard InChI is InChI=1S/C16H15ClF3N3O2S/c17-13-2-1-10(7-12(13)16(18,19)20)21-15-22-11(9-26-15)8-14(24)23-3-5-25-6-4-23/h1-2,7,9H,3-6,8H2,(H,21,22). The number of halogens is 4. The highest BCUT2D eigenvalue weighted by Crippen LogP contribution is 2.36. The molecule has 3 rings (SSSR count). The van der Waals surface area contributed by atoms with E-state index < -0.39 is 11.7 Å². The summed E-state index contributed by atoms with van der Waals surface area (Å²) in [5, 5.41) is 4.58. The van der Waals surface area contributed by atoms with Crippen molar-refractivity contribution in [2.24, 2.45) is 0 Å². The van der Waals surface area contributed by atoms with Crippen molar-refractivity contribution >= 4 is 39.7 Å². The number of anilines is 2. The van der Waals surface area contributed by atoms with Gasteiger partial charge in [0.2, 0.25) is 5.91 Å². The fourth-order valence-electron chi connectivity index (χ4n) is 2.47. The number of nitrogens with one attached hydrogen (secondary N) is 1. The molecule has 0 saturated carbocycles. The van der Waals surface area contributed by atoms with E-state index in [1.165, 1.54) is 23.5 Å². The molecule has 1 aliphatic heterocycles. The summed E-state index contributed by atoms with van der Waals surface area (Å²) in [6, 6.07) is 3.56. The van der Waals surface area contributed by atoms with Crippen molar-refractivity contribution in [2.45, 2.75) is 12.6 Å². The normalized spacial score (nSPS) is 15.2. The summed E-state index contributed by atoms with van der Waals surface area (Å²) < 4.78 is 44.0. The van der Waals surface area contributed by atoms with Gasteiger partial charge in [0.15, 0.2) is 5.13 Å². The Morgan fingerprint density at radius 2 is 2.08 bits per heavy atom. The van der Waals surface area contributed by atoms with Crippen LogP contribution in [0.5, 0.6) is 0 Å². The van der Waals surface area contributed by atoms with E-state index in [-0.39, 0.29) is 23.0 Å². The number of alkyl halides is 3. The molecule has 26 heavy (non-hydrogen) atoms. The number of hydrogen-bond acceptors (Lipinski definition) is 5. The van der Waals surface area contributed by atoms with Gasteiger partial charge >= 0.3 is 6.18 Å². The molecule has 1 aromatic carbocycles. The number of aromatic nitrogens is 1. The van der Waals surface area contributed by atoms with Gasteiger partial charge in [-0.25, -0.2) is 4.98 Å². The van der Waals surface area contributed by atoms with Crippen LogP contribution in [0.3, 0.4) is 0 Å². The lowest BCUT2D eigenvalue weighted by Gasteiger charge is -2.26. The van der Waals surface area contributed by atoms with Crippen molar-refractivity contribution < 1.29 is 22.7 Å². The van der Waals surface area contributed by atoms with E-state index in [1.54, 1.807) is 10.3 Å². The number of nitrogens with zero attached hydrogens (tertiary/aromatic N) is 2. The lowest BCUT2D eigenvalue weighted by Crippen LogP contribution is -2.41. The minimum absolute atomic E-state index is 0.0454. The van der Waals surface area contributed by atoms with Crippen molar-refractivity contribution in [3.05, 3.63) is 39.9 Å². The molecule has 140 valence electrons. The van der Waals surface area contributed by atoms with Crippen LogP contribution < -0.4 is 5.32 Å². The summed E-state index contributed by atoms with van der Waals surface area (Å²) in [5.41, 5.74) is -0.121. The molecule has 1 aliphatic rings. The molecule has 0 aliphatic carbocycles. The van der Waals surface area contributed by atoms with Gasteiger partial charge in [0.1, 0.15) is 0 Å². The summed E-state index contributed by atoms with van der Waals surface area (Å²) in [5.74, 6) is -0.0454. The van der Waals surface area contributed by atoms with Gasteiger partial charge in [0.05, 0.1) is 35.9 Å². The number of thiazole rings is 1. The van der Waals surface area contributed by atoms with Crippen molar-refractivity contribution in [2.75, 3.05) is 31.6 Å². The van der Waals surface area contributed by atoms with E-state index in [1.807, 2.05) is 0 Å². The Bertz CT molecular complexity index is 791. The van der Waals surface area contributed by atoms with E-state index in [0.717, 1.165) is 6.07 Å². The van der Waals surface area contributed by atoms with Crippen LogP contribution in [0.4, 0.5) is 24.0 Å². The van der Waals surface area contributed by atoms with E-state index in [0.29, 0.717) is 37.1 Å². The lowest BCUT2D eigenvalue weighted by atomic mass is 10.2. The second kappa shape index (κ2) is 7.81. The SMILES string of the molecule is O=C(Cc1csc(Nc2ccc(Cl)c(C(F)(F)F)c2)n1)N1CCOCC1. The molecule has 0 bridgehead atoms. The fourth-order valence-corrected chi connectivity index (χ4v) is 3.42. The Kier molecular flexibility index (Phi) is 5.69. The summed E-state index contributed by atoms with van der Waals surface area (Å²) in [6.07, 6.45) is -4.39. The van der Waals surface area contributed by atoms with Crippen molar-refractivity contribution in [1.29, 1.82) is 0 Å². The molecule has 10 heteroatoms. The number of carbonyl (C=O) groups excluding carboxylic acids is 1. The zero-order valence-corrected chi connectivity index (χ0v) is 15.0. The first-order chi connectivity index (χ1) is 12.3. The number of morpholine rings is 1. The van der Waals surface area contributed by atoms with Crippen molar-refractivity contribution in [1.82, 2.24) is 9.88 Å². The van der Waals surface area contributed by atoms with Crippen LogP contribution >= 0.6 is 22.9 Å². The van der Waals surface area contributed by atoms with Crippen LogP contribution in [0.2, 0.25) is 5.02 Å². The van der Waals surface area contributed by atoms with E-state index in [2.05, 4.69) is 10.3 Å². The van der Waals surface area contributed by atoms with Gasteiger partial charge in [-0.15, -0.1) is 11.3 Å². The molecule has 5 nitrogen and oxygen atoms in total. The first kappa shape index (κ1) is 18.9. The largest absolute Gasteiger partial charge is 0.417 e. The highest BCUT2D eigenvalue weighted by Gasteiger charge is 2.33. The van der Waals surface area contributed by atoms with Gasteiger partial charge in [-0.05, 0) is 18.2 Å². The molecule has 1 N–H and O–H groups in total. The number of benzene rings is 1. The molecule has 0 radical (unpaired) electrons. The quantitative estimate of drug-likeness (QED) is 0.836. The molecular formula is C16H15ClF3N3O2S. The van der Waals surface area contributed by atoms with Crippen LogP contribution in [0, 0.1) is 0 Å². The second-order valence-corrected chi connectivity index (χ2v) is 6.90. The lowest BCUT2D eigenvalue weighted by molar-refractivity contribution is -0.137. The molecular weight excluding hydrogens is 391 g/mol. The Labute approximate surface area is 156 Å². The van der Waals surface area contributed by atoms with Crippen LogP contribution in [0.25, 0.3) is 0 Å². The van der Waals surface area contributed by atoms with Gasteiger partial charge in [-0.2, -0.15) is 13.2 Å². The van der Waals surface area contributed by atoms with Gasteiger partial charge < -0.3 is 15.0 Å². The minimum Gasteiger partial charge on any atom is -0.378 e. The summed E-state index contributed by atoms with van der Waals surface area (Å²) >= 11 is 6.83. The first-order valence-corrected chi connectivity index (χ1v) is 9.02. The van der Waals surface area contributed by atoms with Crippen LogP contribution in [0.15, 0.2) is 23.6 Å². The predicted octanol–water partition coefficient (Wildman–Crippen LogP) is 3.96. The zero-order valence-electron chi connectivity index (χ0n) is 13.5. The maximum atomic E-state index is 12.9. The molecule has 1 fully saturated rings. The minimum atomic E-state index is -4.53. The monoisotopic (exact) mass is 405 g/mol. The molecule has 0 unspecified atom stereocenters. The van der Waals surface area contributed by atoms with E-state index in [4.69, 9.17) is 16.3 Å². The molecule has 2 heterocycles. The number of amides is 1. The Hall–Kier alpha value is -1.84. The number of carbonyl (C=O) groups is 1. The third-order valence-corrected chi connectivity index (χ3v) is 4.91. The fraction of sp³-hybridized carbons (Fsp3) is 0.375. The Morgan fingerprint density at radius 1 is 1.35 bits per heavy atom. The van der Waals surface area contributed by atoms with Crippen molar-refractivity contribution in [3.63, 3.8) is 0 Å². The van der Waals surface area contributed by atoms with Gasteiger partial charge in [-0.1, -0.05) is 11.6 Å². The highest BCUT2D eigenvalue weighted by molar-refractivity contribution is 7.13. The average molecular weight is 406 g/mol. The molecule has 0 spiro atoms. The third kappa shape index (κ3) is 4.66. The highest BCUT2D eigenvalue weighted by atomic mass is 35.5. The molecule has 1 saturated heterocycles. The first-order valence-electron chi connectivity index (χ1n) is 7.76. The predicted molar refractivity (Wildman–Crippen MR) is 93.0 cm³/mol. The average Bonchev–Trinajstić information content (AvgIpc) is 3.03. The Balaban J connectivity index is 1.66. The van der Waals surface area contributed by atoms with E-state index >= 15 is 0 Å². The van der Waals surface area contributed by atoms with Gasteiger partial charge in [0.25, 0.3) is 0 Å². The molecule has 2 aromatic rings. The van der Waals surface area contributed by atoms with Gasteiger partial charge in [-0.3, -0.25) is 4.79 Å². The third-order valence-electron chi connectivity index (χ3n) is 3.77. The van der Waals surface area contributed by atoms with Crippen LogP contribution in [0.1, 0.15) is 11.3 Å². The van der Waals surface area contributed by atoms with Gasteiger partial charge in [0, 0.05) is 24.2 Å². The molecule has 1 aromatic heterocycles. The zero-order chi connectivity index (χ0) is 18.7. The molecule has 1 amide bonds. The number of ether oxygens (including phenoxy) is 1. The number of rotatable bonds is 4. The van der Waals surface area contributed by atoms with Crippen LogP contribution in [-0.2, 0) is 22.1 Å².